The fourth-order valence-electron chi connectivity index (χ4n) is 1.60. The molecule has 0 unspecified atom stereocenters. The number of aliphatic carboxylic acids is 1. The van der Waals surface area contributed by atoms with Crippen molar-refractivity contribution in [2.24, 2.45) is 0 Å². The van der Waals surface area contributed by atoms with E-state index in [2.05, 4.69) is 6.58 Å². The van der Waals surface area contributed by atoms with Crippen molar-refractivity contribution in [3.63, 3.8) is 0 Å². The van der Waals surface area contributed by atoms with E-state index < -0.39 is 11.9 Å². The van der Waals surface area contributed by atoms with Gasteiger partial charge in [0.1, 0.15) is 12.3 Å². The van der Waals surface area contributed by atoms with Gasteiger partial charge < -0.3 is 15.1 Å². The van der Waals surface area contributed by atoms with Crippen LogP contribution in [0.1, 0.15) is 15.9 Å². The summed E-state index contributed by atoms with van der Waals surface area (Å²) in [4.78, 5) is 24.0. The number of benzene rings is 1. The first-order valence-corrected chi connectivity index (χ1v) is 5.37. The van der Waals surface area contributed by atoms with Gasteiger partial charge in [0, 0.05) is 12.1 Å². The summed E-state index contributed by atoms with van der Waals surface area (Å²) in [5.41, 5.74) is 0.968. The molecule has 0 saturated carbocycles. The summed E-state index contributed by atoms with van der Waals surface area (Å²) in [7, 11) is 0. The number of carboxylic acid groups (broad SMARTS) is 1. The van der Waals surface area contributed by atoms with Crippen LogP contribution < -0.4 is 0 Å². The molecule has 1 aromatic carbocycles. The first-order valence-electron chi connectivity index (χ1n) is 5.37. The third-order valence-corrected chi connectivity index (χ3v) is 2.40. The van der Waals surface area contributed by atoms with Crippen molar-refractivity contribution in [1.82, 2.24) is 4.90 Å². The second-order valence-corrected chi connectivity index (χ2v) is 3.87. The van der Waals surface area contributed by atoms with Gasteiger partial charge in [-0.15, -0.1) is 6.58 Å². The summed E-state index contributed by atoms with van der Waals surface area (Å²) in [6, 6.07) is 4.33. The van der Waals surface area contributed by atoms with E-state index in [1.165, 1.54) is 29.2 Å². The number of phenols is 1. The Bertz CT molecular complexity index is 482. The van der Waals surface area contributed by atoms with E-state index in [-0.39, 0.29) is 18.8 Å². The van der Waals surface area contributed by atoms with Crippen molar-refractivity contribution in [1.29, 1.82) is 0 Å². The highest BCUT2D eigenvalue weighted by molar-refractivity contribution is 5.97. The molecule has 18 heavy (non-hydrogen) atoms. The molecule has 0 atom stereocenters. The minimum Gasteiger partial charge on any atom is -0.508 e. The lowest BCUT2D eigenvalue weighted by molar-refractivity contribution is -0.137. The fraction of sp³-hybridized carbons (Fsp3) is 0.231. The molecular formula is C13H15NO4. The third-order valence-electron chi connectivity index (χ3n) is 2.40. The predicted octanol–water partition coefficient (Wildman–Crippen LogP) is 1.41. The van der Waals surface area contributed by atoms with Crippen molar-refractivity contribution in [2.75, 3.05) is 13.1 Å². The van der Waals surface area contributed by atoms with Gasteiger partial charge in [-0.2, -0.15) is 0 Å². The summed E-state index contributed by atoms with van der Waals surface area (Å²) in [6.45, 7) is 4.95. The van der Waals surface area contributed by atoms with Gasteiger partial charge in [-0.3, -0.25) is 9.59 Å². The molecule has 0 saturated heterocycles. The van der Waals surface area contributed by atoms with Gasteiger partial charge in [0.2, 0.25) is 0 Å². The van der Waals surface area contributed by atoms with Crippen LogP contribution in [0, 0.1) is 6.92 Å². The van der Waals surface area contributed by atoms with Gasteiger partial charge in [-0.1, -0.05) is 6.08 Å². The van der Waals surface area contributed by atoms with Crippen LogP contribution in [0.25, 0.3) is 0 Å². The molecule has 0 heterocycles. The number of aromatic hydroxyl groups is 1. The maximum Gasteiger partial charge on any atom is 0.323 e. The van der Waals surface area contributed by atoms with Gasteiger partial charge in [-0.25, -0.2) is 0 Å². The van der Waals surface area contributed by atoms with E-state index in [1.807, 2.05) is 0 Å². The maximum atomic E-state index is 12.1. The van der Waals surface area contributed by atoms with E-state index in [0.29, 0.717) is 11.1 Å². The van der Waals surface area contributed by atoms with Gasteiger partial charge in [0.25, 0.3) is 5.91 Å². The Balaban J connectivity index is 3.01. The number of amides is 1. The number of carbonyl (C=O) groups excluding carboxylic acids is 1. The number of nitrogens with zero attached hydrogens (tertiary/aromatic N) is 1. The number of phenolic OH excluding ortho intramolecular Hbond substituents is 1. The lowest BCUT2D eigenvalue weighted by Crippen LogP contribution is -2.36. The zero-order chi connectivity index (χ0) is 13.7. The predicted molar refractivity (Wildman–Crippen MR) is 66.6 cm³/mol. The highest BCUT2D eigenvalue weighted by Crippen LogP contribution is 2.17. The zero-order valence-corrected chi connectivity index (χ0v) is 10.1. The summed E-state index contributed by atoms with van der Waals surface area (Å²) < 4.78 is 0. The van der Waals surface area contributed by atoms with Crippen molar-refractivity contribution in [3.8, 4) is 5.75 Å². The van der Waals surface area contributed by atoms with Gasteiger partial charge in [-0.05, 0) is 30.7 Å². The first kappa shape index (κ1) is 13.8. The summed E-state index contributed by atoms with van der Waals surface area (Å²) in [6.07, 6.45) is 1.47. The van der Waals surface area contributed by atoms with E-state index in [0.717, 1.165) is 0 Å². The second-order valence-electron chi connectivity index (χ2n) is 3.87. The Morgan fingerprint density at radius 1 is 1.44 bits per heavy atom. The summed E-state index contributed by atoms with van der Waals surface area (Å²) >= 11 is 0. The zero-order valence-electron chi connectivity index (χ0n) is 10.1. The van der Waals surface area contributed by atoms with Crippen LogP contribution in [0.15, 0.2) is 30.9 Å². The van der Waals surface area contributed by atoms with Gasteiger partial charge in [0.05, 0.1) is 0 Å². The minimum atomic E-state index is -1.08. The second kappa shape index (κ2) is 5.86. The average Bonchev–Trinajstić information content (AvgIpc) is 2.27. The number of hydrogen-bond donors (Lipinski definition) is 2. The Kier molecular flexibility index (Phi) is 4.48. The number of carboxylic acids is 1. The molecule has 0 radical (unpaired) electrons. The van der Waals surface area contributed by atoms with Crippen molar-refractivity contribution in [2.45, 2.75) is 6.92 Å². The first-order chi connectivity index (χ1) is 8.45. The van der Waals surface area contributed by atoms with Crippen LogP contribution in [-0.2, 0) is 4.79 Å². The lowest BCUT2D eigenvalue weighted by atomic mass is 10.1. The van der Waals surface area contributed by atoms with Crippen LogP contribution in [0.2, 0.25) is 0 Å². The fourth-order valence-corrected chi connectivity index (χ4v) is 1.60. The smallest absolute Gasteiger partial charge is 0.323 e. The number of carbonyl (C=O) groups is 2. The third kappa shape index (κ3) is 3.35. The molecule has 1 aromatic rings. The topological polar surface area (TPSA) is 77.8 Å². The quantitative estimate of drug-likeness (QED) is 0.773. The highest BCUT2D eigenvalue weighted by Gasteiger charge is 2.19. The van der Waals surface area contributed by atoms with Crippen molar-refractivity contribution >= 4 is 11.9 Å². The van der Waals surface area contributed by atoms with Crippen LogP contribution in [0.3, 0.4) is 0 Å². The molecule has 0 bridgehead atoms. The lowest BCUT2D eigenvalue weighted by Gasteiger charge is -2.19. The molecule has 0 aliphatic rings. The molecule has 0 aromatic heterocycles. The van der Waals surface area contributed by atoms with E-state index in [9.17, 15) is 14.7 Å². The molecule has 1 rings (SSSR count). The molecule has 0 spiro atoms. The number of rotatable bonds is 5. The standard InChI is InChI=1S/C13H15NO4/c1-3-6-14(8-12(16)17)13(18)11-5-4-10(15)7-9(11)2/h3-5,7,15H,1,6,8H2,2H3,(H,16,17). The van der Waals surface area contributed by atoms with E-state index in [1.54, 1.807) is 6.92 Å². The number of hydrogen-bond acceptors (Lipinski definition) is 3. The van der Waals surface area contributed by atoms with Crippen LogP contribution in [0.4, 0.5) is 0 Å². The number of aryl methyl sites for hydroxylation is 1. The maximum absolute atomic E-state index is 12.1. The Labute approximate surface area is 105 Å². The largest absolute Gasteiger partial charge is 0.508 e. The normalized spacial score (nSPS) is 9.83. The van der Waals surface area contributed by atoms with Crippen molar-refractivity contribution < 1.29 is 19.8 Å². The van der Waals surface area contributed by atoms with Crippen LogP contribution >= 0.6 is 0 Å². The molecule has 0 aliphatic carbocycles. The van der Waals surface area contributed by atoms with Gasteiger partial charge >= 0.3 is 5.97 Å². The van der Waals surface area contributed by atoms with Crippen molar-refractivity contribution in [3.05, 3.63) is 42.0 Å². The molecule has 0 fully saturated rings. The monoisotopic (exact) mass is 249 g/mol. The molecule has 0 aliphatic heterocycles. The minimum absolute atomic E-state index is 0.0672. The molecule has 2 N–H and O–H groups in total. The molecule has 1 amide bonds. The summed E-state index contributed by atoms with van der Waals surface area (Å²) in [5.74, 6) is -1.41. The average molecular weight is 249 g/mol. The van der Waals surface area contributed by atoms with E-state index >= 15 is 0 Å². The summed E-state index contributed by atoms with van der Waals surface area (Å²) in [5, 5.41) is 18.0. The van der Waals surface area contributed by atoms with Crippen LogP contribution in [0.5, 0.6) is 5.75 Å². The highest BCUT2D eigenvalue weighted by atomic mass is 16.4. The SMILES string of the molecule is C=CCN(CC(=O)O)C(=O)c1ccc(O)cc1C. The Hall–Kier alpha value is -2.30. The Morgan fingerprint density at radius 3 is 2.61 bits per heavy atom. The van der Waals surface area contributed by atoms with Gasteiger partial charge in [0.15, 0.2) is 0 Å². The molecule has 5 heteroatoms. The molecule has 96 valence electrons. The molecular weight excluding hydrogens is 234 g/mol. The Morgan fingerprint density at radius 2 is 2.11 bits per heavy atom. The van der Waals surface area contributed by atoms with E-state index in [4.69, 9.17) is 5.11 Å². The van der Waals surface area contributed by atoms with Crippen LogP contribution in [-0.4, -0.2) is 40.1 Å². The molecule has 5 nitrogen and oxygen atoms in total.